The highest BCUT2D eigenvalue weighted by atomic mass is 16.5. The van der Waals surface area contributed by atoms with Crippen molar-refractivity contribution >= 4 is 16.9 Å². The van der Waals surface area contributed by atoms with Crippen LogP contribution >= 0.6 is 0 Å². The highest BCUT2D eigenvalue weighted by Gasteiger charge is 2.15. The second-order valence-corrected chi connectivity index (χ2v) is 5.41. The summed E-state index contributed by atoms with van der Waals surface area (Å²) in [6.07, 6.45) is 0. The summed E-state index contributed by atoms with van der Waals surface area (Å²) in [5.74, 6) is 1.82. The van der Waals surface area contributed by atoms with Gasteiger partial charge in [0.05, 0.1) is 12.1 Å². The molecule has 0 spiro atoms. The standard InChI is InChI=1S/C12H18N4O/c1-7-14-8-5-9(13)16-10(8)11(15-7)17-6-12(2,3)4/h5,16H,6,13H2,1-4H3. The second-order valence-electron chi connectivity index (χ2n) is 5.41. The largest absolute Gasteiger partial charge is 0.476 e. The Morgan fingerprint density at radius 2 is 2.06 bits per heavy atom. The number of aromatic nitrogens is 3. The summed E-state index contributed by atoms with van der Waals surface area (Å²) in [5.41, 5.74) is 7.35. The van der Waals surface area contributed by atoms with Gasteiger partial charge in [-0.05, 0) is 12.3 Å². The summed E-state index contributed by atoms with van der Waals surface area (Å²) in [7, 11) is 0. The van der Waals surface area contributed by atoms with Gasteiger partial charge in [0.25, 0.3) is 0 Å². The second kappa shape index (κ2) is 3.91. The minimum absolute atomic E-state index is 0.0866. The first-order valence-corrected chi connectivity index (χ1v) is 5.61. The van der Waals surface area contributed by atoms with Gasteiger partial charge in [-0.25, -0.2) is 4.98 Å². The van der Waals surface area contributed by atoms with E-state index in [-0.39, 0.29) is 5.41 Å². The fraction of sp³-hybridized carbons (Fsp3) is 0.500. The number of nitrogen functional groups attached to an aromatic ring is 1. The lowest BCUT2D eigenvalue weighted by atomic mass is 9.99. The maximum Gasteiger partial charge on any atom is 0.241 e. The van der Waals surface area contributed by atoms with Crippen LogP contribution in [0.5, 0.6) is 5.88 Å². The molecule has 0 bridgehead atoms. The van der Waals surface area contributed by atoms with Crippen molar-refractivity contribution in [3.8, 4) is 5.88 Å². The lowest BCUT2D eigenvalue weighted by molar-refractivity contribution is 0.193. The average Bonchev–Trinajstić information content (AvgIpc) is 2.53. The fourth-order valence-electron chi connectivity index (χ4n) is 1.51. The lowest BCUT2D eigenvalue weighted by Crippen LogP contribution is -2.17. The Hall–Kier alpha value is -1.78. The van der Waals surface area contributed by atoms with Crippen LogP contribution in [-0.2, 0) is 0 Å². The Balaban J connectivity index is 2.38. The van der Waals surface area contributed by atoms with Crippen LogP contribution in [0.15, 0.2) is 6.07 Å². The van der Waals surface area contributed by atoms with E-state index in [1.54, 1.807) is 6.07 Å². The van der Waals surface area contributed by atoms with Crippen LogP contribution < -0.4 is 10.5 Å². The van der Waals surface area contributed by atoms with E-state index in [9.17, 15) is 0 Å². The van der Waals surface area contributed by atoms with Gasteiger partial charge in [0.1, 0.15) is 17.2 Å². The van der Waals surface area contributed by atoms with Gasteiger partial charge >= 0.3 is 0 Å². The number of nitrogens with two attached hydrogens (primary N) is 1. The number of rotatable bonds is 2. The third kappa shape index (κ3) is 2.67. The number of hydrogen-bond donors (Lipinski definition) is 2. The molecule has 0 unspecified atom stereocenters. The summed E-state index contributed by atoms with van der Waals surface area (Å²) >= 11 is 0. The molecular formula is C12H18N4O. The Labute approximate surface area is 100 Å². The molecule has 0 saturated carbocycles. The molecule has 0 aliphatic rings. The molecule has 2 aromatic heterocycles. The monoisotopic (exact) mass is 234 g/mol. The van der Waals surface area contributed by atoms with E-state index in [2.05, 4.69) is 35.7 Å². The van der Waals surface area contributed by atoms with Crippen molar-refractivity contribution in [3.63, 3.8) is 0 Å². The zero-order chi connectivity index (χ0) is 12.6. The molecule has 0 aromatic carbocycles. The van der Waals surface area contributed by atoms with Gasteiger partial charge in [0.2, 0.25) is 5.88 Å². The summed E-state index contributed by atoms with van der Waals surface area (Å²) in [5, 5.41) is 0. The summed E-state index contributed by atoms with van der Waals surface area (Å²) < 4.78 is 5.74. The molecule has 92 valence electrons. The molecule has 0 atom stereocenters. The minimum Gasteiger partial charge on any atom is -0.476 e. The maximum absolute atomic E-state index is 5.74. The number of aryl methyl sites for hydroxylation is 1. The molecular weight excluding hydrogens is 216 g/mol. The van der Waals surface area contributed by atoms with Crippen molar-refractivity contribution in [2.45, 2.75) is 27.7 Å². The Morgan fingerprint density at radius 1 is 1.35 bits per heavy atom. The summed E-state index contributed by atoms with van der Waals surface area (Å²) in [6, 6.07) is 1.79. The van der Waals surface area contributed by atoms with Gasteiger partial charge in [0.15, 0.2) is 0 Å². The van der Waals surface area contributed by atoms with Crippen molar-refractivity contribution in [2.75, 3.05) is 12.3 Å². The van der Waals surface area contributed by atoms with Crippen LogP contribution in [0.1, 0.15) is 26.6 Å². The van der Waals surface area contributed by atoms with Gasteiger partial charge in [-0.1, -0.05) is 20.8 Å². The summed E-state index contributed by atoms with van der Waals surface area (Å²) in [6.45, 7) is 8.77. The Bertz CT molecular complexity index is 539. The molecule has 3 N–H and O–H groups in total. The van der Waals surface area contributed by atoms with E-state index in [0.29, 0.717) is 24.1 Å². The summed E-state index contributed by atoms with van der Waals surface area (Å²) in [4.78, 5) is 11.6. The van der Waals surface area contributed by atoms with Crippen molar-refractivity contribution in [3.05, 3.63) is 11.9 Å². The first-order chi connectivity index (χ1) is 7.85. The van der Waals surface area contributed by atoms with Gasteiger partial charge in [-0.3, -0.25) is 0 Å². The highest BCUT2D eigenvalue weighted by molar-refractivity contribution is 5.83. The Kier molecular flexibility index (Phi) is 2.69. The SMILES string of the molecule is Cc1nc(OCC(C)(C)C)c2[nH]c(N)cc2n1. The smallest absolute Gasteiger partial charge is 0.241 e. The van der Waals surface area contributed by atoms with E-state index < -0.39 is 0 Å². The molecule has 17 heavy (non-hydrogen) atoms. The zero-order valence-corrected chi connectivity index (χ0v) is 10.7. The van der Waals surface area contributed by atoms with Crippen LogP contribution in [0.3, 0.4) is 0 Å². The zero-order valence-electron chi connectivity index (χ0n) is 10.7. The quantitative estimate of drug-likeness (QED) is 0.835. The van der Waals surface area contributed by atoms with Gasteiger partial charge in [0, 0.05) is 6.07 Å². The van der Waals surface area contributed by atoms with Gasteiger partial charge in [-0.2, -0.15) is 4.98 Å². The van der Waals surface area contributed by atoms with Crippen LogP contribution in [0.25, 0.3) is 11.0 Å². The molecule has 2 heterocycles. The van der Waals surface area contributed by atoms with Gasteiger partial charge < -0.3 is 15.5 Å². The van der Waals surface area contributed by atoms with Gasteiger partial charge in [-0.15, -0.1) is 0 Å². The van der Waals surface area contributed by atoms with Crippen molar-refractivity contribution in [1.82, 2.24) is 15.0 Å². The number of nitrogens with zero attached hydrogens (tertiary/aromatic N) is 2. The van der Waals surface area contributed by atoms with E-state index in [1.807, 2.05) is 6.92 Å². The number of H-pyrrole nitrogens is 1. The molecule has 5 heteroatoms. The lowest BCUT2D eigenvalue weighted by Gasteiger charge is -2.18. The number of fused-ring (bicyclic) bond motifs is 1. The fourth-order valence-corrected chi connectivity index (χ4v) is 1.51. The number of anilines is 1. The van der Waals surface area contributed by atoms with E-state index >= 15 is 0 Å². The molecule has 0 amide bonds. The Morgan fingerprint density at radius 3 is 2.71 bits per heavy atom. The molecule has 2 aromatic rings. The van der Waals surface area contributed by atoms with E-state index in [0.717, 1.165) is 11.0 Å². The minimum atomic E-state index is 0.0866. The van der Waals surface area contributed by atoms with Crippen molar-refractivity contribution < 1.29 is 4.74 Å². The van der Waals surface area contributed by atoms with E-state index in [4.69, 9.17) is 10.5 Å². The maximum atomic E-state index is 5.74. The van der Waals surface area contributed by atoms with Crippen LogP contribution in [0, 0.1) is 12.3 Å². The number of aromatic amines is 1. The number of hydrogen-bond acceptors (Lipinski definition) is 4. The van der Waals surface area contributed by atoms with Crippen LogP contribution in [-0.4, -0.2) is 21.6 Å². The number of ether oxygens (including phenoxy) is 1. The topological polar surface area (TPSA) is 76.8 Å². The van der Waals surface area contributed by atoms with Crippen LogP contribution in [0.2, 0.25) is 0 Å². The highest BCUT2D eigenvalue weighted by Crippen LogP contribution is 2.25. The van der Waals surface area contributed by atoms with Crippen molar-refractivity contribution in [1.29, 1.82) is 0 Å². The predicted octanol–water partition coefficient (Wildman–Crippen LogP) is 2.27. The first-order valence-electron chi connectivity index (χ1n) is 5.61. The molecule has 2 rings (SSSR count). The molecule has 0 aliphatic heterocycles. The van der Waals surface area contributed by atoms with Crippen LogP contribution in [0.4, 0.5) is 5.82 Å². The molecule has 0 saturated heterocycles. The third-order valence-electron chi connectivity index (χ3n) is 2.22. The van der Waals surface area contributed by atoms with Crippen molar-refractivity contribution in [2.24, 2.45) is 5.41 Å². The first kappa shape index (κ1) is 11.7. The average molecular weight is 234 g/mol. The third-order valence-corrected chi connectivity index (χ3v) is 2.22. The molecule has 0 fully saturated rings. The molecule has 0 aliphatic carbocycles. The van der Waals surface area contributed by atoms with E-state index in [1.165, 1.54) is 0 Å². The predicted molar refractivity (Wildman–Crippen MR) is 68.0 cm³/mol. The number of nitrogens with one attached hydrogen (secondary N) is 1. The molecule has 5 nitrogen and oxygen atoms in total. The normalized spacial score (nSPS) is 12.0. The molecule has 0 radical (unpaired) electrons.